The Labute approximate surface area is 89.5 Å². The second-order valence-electron chi connectivity index (χ2n) is 3.40. The van der Waals surface area contributed by atoms with E-state index in [2.05, 4.69) is 0 Å². The first-order valence-corrected chi connectivity index (χ1v) is 5.94. The van der Waals surface area contributed by atoms with Crippen molar-refractivity contribution in [3.8, 4) is 0 Å². The van der Waals surface area contributed by atoms with Crippen LogP contribution in [0.15, 0.2) is 29.2 Å². The third kappa shape index (κ3) is 2.50. The van der Waals surface area contributed by atoms with Gasteiger partial charge < -0.3 is 10.8 Å². The molecule has 0 radical (unpaired) electrons. The van der Waals surface area contributed by atoms with Gasteiger partial charge in [0, 0.05) is 4.90 Å². The average Bonchev–Trinajstić information content (AvgIpc) is 2.26. The summed E-state index contributed by atoms with van der Waals surface area (Å²) in [4.78, 5) is 1.13. The van der Waals surface area contributed by atoms with Crippen LogP contribution >= 0.6 is 11.8 Å². The molecule has 2 nitrogen and oxygen atoms in total. The molecule has 1 aromatic rings. The number of thioether (sulfide) groups is 1. The van der Waals surface area contributed by atoms with Crippen LogP contribution in [0.25, 0.3) is 0 Å². The van der Waals surface area contributed by atoms with E-state index < -0.39 is 6.10 Å². The molecule has 0 bridgehead atoms. The van der Waals surface area contributed by atoms with E-state index in [1.54, 1.807) is 11.8 Å². The molecule has 0 heterocycles. The Morgan fingerprint density at radius 2 is 2.07 bits per heavy atom. The van der Waals surface area contributed by atoms with Gasteiger partial charge in [0.15, 0.2) is 0 Å². The molecule has 0 saturated heterocycles. The topological polar surface area (TPSA) is 46.2 Å². The Morgan fingerprint density at radius 1 is 1.43 bits per heavy atom. The lowest BCUT2D eigenvalue weighted by Gasteiger charge is -2.19. The van der Waals surface area contributed by atoms with E-state index in [0.717, 1.165) is 10.5 Å². The standard InChI is InChI=1S/C11H17NOS/c1-8(7-12)11(13)9-5-3-4-6-10(9)14-2/h3-6,8,11,13H,7,12H2,1-2H3. The van der Waals surface area contributed by atoms with E-state index >= 15 is 0 Å². The fourth-order valence-electron chi connectivity index (χ4n) is 1.35. The SMILES string of the molecule is CSc1ccccc1C(O)C(C)CN. The van der Waals surface area contributed by atoms with Gasteiger partial charge in [0.05, 0.1) is 6.10 Å². The Balaban J connectivity index is 2.93. The zero-order valence-corrected chi connectivity index (χ0v) is 9.42. The summed E-state index contributed by atoms with van der Waals surface area (Å²) in [5.74, 6) is 0.100. The van der Waals surface area contributed by atoms with Crippen LogP contribution in [-0.2, 0) is 0 Å². The van der Waals surface area contributed by atoms with Crippen molar-refractivity contribution in [3.63, 3.8) is 0 Å². The summed E-state index contributed by atoms with van der Waals surface area (Å²) in [5.41, 5.74) is 6.52. The lowest BCUT2D eigenvalue weighted by Crippen LogP contribution is -2.19. The number of nitrogens with two attached hydrogens (primary N) is 1. The largest absolute Gasteiger partial charge is 0.388 e. The van der Waals surface area contributed by atoms with Crippen LogP contribution in [-0.4, -0.2) is 17.9 Å². The van der Waals surface area contributed by atoms with Crippen molar-refractivity contribution in [1.29, 1.82) is 0 Å². The zero-order chi connectivity index (χ0) is 10.6. The normalized spacial score (nSPS) is 15.1. The molecule has 2 atom stereocenters. The molecule has 0 amide bonds. The fraction of sp³-hybridized carbons (Fsp3) is 0.455. The Hall–Kier alpha value is -0.510. The van der Waals surface area contributed by atoms with E-state index in [0.29, 0.717) is 6.54 Å². The van der Waals surface area contributed by atoms with Crippen LogP contribution in [0.2, 0.25) is 0 Å². The summed E-state index contributed by atoms with van der Waals surface area (Å²) in [5, 5.41) is 10.0. The molecule has 78 valence electrons. The third-order valence-electron chi connectivity index (χ3n) is 2.37. The first-order valence-electron chi connectivity index (χ1n) is 4.71. The third-order valence-corrected chi connectivity index (χ3v) is 3.18. The van der Waals surface area contributed by atoms with Gasteiger partial charge >= 0.3 is 0 Å². The highest BCUT2D eigenvalue weighted by molar-refractivity contribution is 7.98. The molecule has 0 spiro atoms. The molecular formula is C11H17NOS. The Morgan fingerprint density at radius 3 is 2.64 bits per heavy atom. The van der Waals surface area contributed by atoms with Gasteiger partial charge in [0.25, 0.3) is 0 Å². The molecular weight excluding hydrogens is 194 g/mol. The maximum absolute atomic E-state index is 10.0. The summed E-state index contributed by atoms with van der Waals surface area (Å²) < 4.78 is 0. The first kappa shape index (κ1) is 11.6. The quantitative estimate of drug-likeness (QED) is 0.749. The molecule has 0 aromatic heterocycles. The van der Waals surface area contributed by atoms with Crippen LogP contribution in [0.1, 0.15) is 18.6 Å². The van der Waals surface area contributed by atoms with Gasteiger partial charge in [0.1, 0.15) is 0 Å². The summed E-state index contributed by atoms with van der Waals surface area (Å²) >= 11 is 1.65. The number of hydrogen-bond acceptors (Lipinski definition) is 3. The van der Waals surface area contributed by atoms with Gasteiger partial charge in [-0.3, -0.25) is 0 Å². The predicted molar refractivity (Wildman–Crippen MR) is 61.4 cm³/mol. The zero-order valence-electron chi connectivity index (χ0n) is 8.60. The smallest absolute Gasteiger partial charge is 0.0838 e. The molecule has 14 heavy (non-hydrogen) atoms. The monoisotopic (exact) mass is 211 g/mol. The Bertz CT molecular complexity index is 290. The van der Waals surface area contributed by atoms with E-state index in [1.807, 2.05) is 37.4 Å². The summed E-state index contributed by atoms with van der Waals surface area (Å²) in [6.45, 7) is 2.46. The van der Waals surface area contributed by atoms with Crippen molar-refractivity contribution in [2.45, 2.75) is 17.9 Å². The van der Waals surface area contributed by atoms with Gasteiger partial charge in [-0.25, -0.2) is 0 Å². The van der Waals surface area contributed by atoms with Gasteiger partial charge in [-0.2, -0.15) is 0 Å². The summed E-state index contributed by atoms with van der Waals surface area (Å²) in [7, 11) is 0. The maximum atomic E-state index is 10.0. The van der Waals surface area contributed by atoms with E-state index in [4.69, 9.17) is 5.73 Å². The molecule has 0 aliphatic rings. The van der Waals surface area contributed by atoms with E-state index in [9.17, 15) is 5.11 Å². The molecule has 0 aliphatic carbocycles. The molecule has 1 rings (SSSR count). The summed E-state index contributed by atoms with van der Waals surface area (Å²) in [6.07, 6.45) is 1.56. The number of benzene rings is 1. The number of aliphatic hydroxyl groups is 1. The van der Waals surface area contributed by atoms with Gasteiger partial charge in [0.2, 0.25) is 0 Å². The highest BCUT2D eigenvalue weighted by Gasteiger charge is 2.17. The molecule has 1 aromatic carbocycles. The molecule has 2 unspecified atom stereocenters. The minimum atomic E-state index is -0.455. The number of aliphatic hydroxyl groups excluding tert-OH is 1. The van der Waals surface area contributed by atoms with Crippen LogP contribution in [0, 0.1) is 5.92 Å². The predicted octanol–water partition coefficient (Wildman–Crippen LogP) is 2.04. The van der Waals surface area contributed by atoms with Crippen LogP contribution in [0.3, 0.4) is 0 Å². The second kappa shape index (κ2) is 5.39. The van der Waals surface area contributed by atoms with Crippen molar-refractivity contribution in [3.05, 3.63) is 29.8 Å². The summed E-state index contributed by atoms with van der Waals surface area (Å²) in [6, 6.07) is 7.91. The van der Waals surface area contributed by atoms with Crippen molar-refractivity contribution in [1.82, 2.24) is 0 Å². The highest BCUT2D eigenvalue weighted by Crippen LogP contribution is 2.29. The van der Waals surface area contributed by atoms with Crippen molar-refractivity contribution >= 4 is 11.8 Å². The van der Waals surface area contributed by atoms with Gasteiger partial charge in [-0.15, -0.1) is 11.8 Å². The van der Waals surface area contributed by atoms with Crippen molar-refractivity contribution in [2.75, 3.05) is 12.8 Å². The molecule has 0 aliphatic heterocycles. The van der Waals surface area contributed by atoms with Crippen molar-refractivity contribution < 1.29 is 5.11 Å². The maximum Gasteiger partial charge on any atom is 0.0838 e. The Kier molecular flexibility index (Phi) is 4.45. The first-order chi connectivity index (χ1) is 6.70. The van der Waals surface area contributed by atoms with Crippen LogP contribution < -0.4 is 5.73 Å². The lowest BCUT2D eigenvalue weighted by molar-refractivity contribution is 0.119. The van der Waals surface area contributed by atoms with Crippen molar-refractivity contribution in [2.24, 2.45) is 11.7 Å². The molecule has 3 N–H and O–H groups in total. The number of rotatable bonds is 4. The lowest BCUT2D eigenvalue weighted by atomic mass is 9.98. The molecule has 3 heteroatoms. The van der Waals surface area contributed by atoms with Crippen LogP contribution in [0.4, 0.5) is 0 Å². The molecule has 0 fully saturated rings. The van der Waals surface area contributed by atoms with Crippen LogP contribution in [0.5, 0.6) is 0 Å². The van der Waals surface area contributed by atoms with E-state index in [1.165, 1.54) is 0 Å². The molecule has 0 saturated carbocycles. The van der Waals surface area contributed by atoms with E-state index in [-0.39, 0.29) is 5.92 Å². The minimum absolute atomic E-state index is 0.100. The number of hydrogen-bond donors (Lipinski definition) is 2. The van der Waals surface area contributed by atoms with Gasteiger partial charge in [-0.05, 0) is 30.3 Å². The average molecular weight is 211 g/mol. The van der Waals surface area contributed by atoms with Gasteiger partial charge in [-0.1, -0.05) is 25.1 Å². The minimum Gasteiger partial charge on any atom is -0.388 e. The fourth-order valence-corrected chi connectivity index (χ4v) is 1.99. The second-order valence-corrected chi connectivity index (χ2v) is 4.25. The highest BCUT2D eigenvalue weighted by atomic mass is 32.2.